The Labute approximate surface area is 131 Å². The summed E-state index contributed by atoms with van der Waals surface area (Å²) in [5.41, 5.74) is 1.31. The van der Waals surface area contributed by atoms with E-state index in [1.165, 1.54) is 10.5 Å². The fourth-order valence-corrected chi connectivity index (χ4v) is 3.38. The number of nitrogens with zero attached hydrogens (tertiary/aromatic N) is 3. The molecule has 0 amide bonds. The maximum Gasteiger partial charge on any atom is 0.138 e. The highest BCUT2D eigenvalue weighted by molar-refractivity contribution is 7.99. The van der Waals surface area contributed by atoms with Crippen molar-refractivity contribution >= 4 is 11.8 Å². The predicted molar refractivity (Wildman–Crippen MR) is 88.8 cm³/mol. The number of hydrogen-bond donors (Lipinski definition) is 1. The van der Waals surface area contributed by atoms with Gasteiger partial charge in [0.05, 0.1) is 0 Å². The minimum absolute atomic E-state index is 0.412. The molecule has 21 heavy (non-hydrogen) atoms. The normalized spacial score (nSPS) is 12.5. The van der Waals surface area contributed by atoms with Crippen LogP contribution in [0.1, 0.15) is 25.2 Å². The largest absolute Gasteiger partial charge is 0.313 e. The number of likely N-dealkylation sites (N-methyl/N-ethyl adjacent to an activating group) is 1. The Morgan fingerprint density at radius 3 is 2.90 bits per heavy atom. The van der Waals surface area contributed by atoms with Crippen LogP contribution in [0.25, 0.3) is 0 Å². The number of aromatic nitrogens is 3. The summed E-state index contributed by atoms with van der Waals surface area (Å²) in [6, 6.07) is 9.08. The maximum atomic E-state index is 4.38. The number of aryl methyl sites for hydroxylation is 2. The lowest BCUT2D eigenvalue weighted by Gasteiger charge is -2.17. The number of rotatable bonds is 8. The maximum absolute atomic E-state index is 4.38. The van der Waals surface area contributed by atoms with Crippen LogP contribution in [0.4, 0.5) is 0 Å². The summed E-state index contributed by atoms with van der Waals surface area (Å²) in [7, 11) is 0. The second-order valence-electron chi connectivity index (χ2n) is 5.08. The summed E-state index contributed by atoms with van der Waals surface area (Å²) in [5.74, 6) is 2.10. The quantitative estimate of drug-likeness (QED) is 0.762. The molecule has 1 heterocycles. The lowest BCUT2D eigenvalue weighted by Crippen LogP contribution is -2.34. The fourth-order valence-electron chi connectivity index (χ4n) is 2.31. The lowest BCUT2D eigenvalue weighted by molar-refractivity contribution is 0.527. The van der Waals surface area contributed by atoms with Gasteiger partial charge in [-0.3, -0.25) is 4.68 Å². The Balaban J connectivity index is 1.95. The van der Waals surface area contributed by atoms with Gasteiger partial charge < -0.3 is 5.32 Å². The van der Waals surface area contributed by atoms with Crippen LogP contribution >= 0.6 is 11.8 Å². The molecule has 0 radical (unpaired) electrons. The molecule has 1 aromatic carbocycles. The molecule has 0 saturated carbocycles. The average Bonchev–Trinajstić information content (AvgIpc) is 2.92. The molecule has 2 rings (SSSR count). The third-order valence-electron chi connectivity index (χ3n) is 3.36. The number of thioether (sulfide) groups is 1. The van der Waals surface area contributed by atoms with Crippen molar-refractivity contribution in [3.8, 4) is 0 Å². The van der Waals surface area contributed by atoms with Crippen LogP contribution in [-0.2, 0) is 13.0 Å². The molecule has 4 nitrogen and oxygen atoms in total. The highest BCUT2D eigenvalue weighted by Gasteiger charge is 2.13. The Morgan fingerprint density at radius 1 is 1.33 bits per heavy atom. The summed E-state index contributed by atoms with van der Waals surface area (Å²) in [6.07, 6.45) is 2.57. The lowest BCUT2D eigenvalue weighted by atomic mass is 10.2. The zero-order valence-corrected chi connectivity index (χ0v) is 13.9. The van der Waals surface area contributed by atoms with Crippen molar-refractivity contribution in [3.05, 3.63) is 42.0 Å². The van der Waals surface area contributed by atoms with Gasteiger partial charge in [-0.15, -0.1) is 11.8 Å². The van der Waals surface area contributed by atoms with Crippen molar-refractivity contribution in [1.82, 2.24) is 20.1 Å². The van der Waals surface area contributed by atoms with Crippen molar-refractivity contribution in [2.75, 3.05) is 12.3 Å². The molecule has 0 bridgehead atoms. The average molecular weight is 304 g/mol. The fraction of sp³-hybridized carbons (Fsp3) is 0.500. The minimum atomic E-state index is 0.412. The second-order valence-corrected chi connectivity index (χ2v) is 6.17. The first kappa shape index (κ1) is 16.0. The number of hydrogen-bond acceptors (Lipinski definition) is 4. The number of benzene rings is 1. The first-order valence-corrected chi connectivity index (χ1v) is 8.51. The van der Waals surface area contributed by atoms with E-state index in [4.69, 9.17) is 0 Å². The topological polar surface area (TPSA) is 42.7 Å². The van der Waals surface area contributed by atoms with Gasteiger partial charge in [0.1, 0.15) is 12.2 Å². The van der Waals surface area contributed by atoms with Crippen LogP contribution in [0, 0.1) is 6.92 Å². The molecule has 0 fully saturated rings. The smallest absolute Gasteiger partial charge is 0.138 e. The highest BCUT2D eigenvalue weighted by Crippen LogP contribution is 2.20. The van der Waals surface area contributed by atoms with E-state index in [0.29, 0.717) is 6.04 Å². The first-order chi connectivity index (χ1) is 10.2. The van der Waals surface area contributed by atoms with Gasteiger partial charge in [0.2, 0.25) is 0 Å². The summed E-state index contributed by atoms with van der Waals surface area (Å²) < 4.78 is 1.97. The van der Waals surface area contributed by atoms with Crippen molar-refractivity contribution in [2.45, 2.75) is 44.7 Å². The summed E-state index contributed by atoms with van der Waals surface area (Å²) in [5, 5.41) is 7.80. The minimum Gasteiger partial charge on any atom is -0.313 e. The molecule has 2 aromatic rings. The van der Waals surface area contributed by atoms with Gasteiger partial charge in [-0.25, -0.2) is 4.98 Å². The highest BCUT2D eigenvalue weighted by atomic mass is 32.2. The third kappa shape index (κ3) is 4.86. The van der Waals surface area contributed by atoms with Crippen LogP contribution in [0.5, 0.6) is 0 Å². The van der Waals surface area contributed by atoms with Crippen molar-refractivity contribution in [3.63, 3.8) is 0 Å². The van der Waals surface area contributed by atoms with E-state index >= 15 is 0 Å². The monoisotopic (exact) mass is 304 g/mol. The van der Waals surface area contributed by atoms with Gasteiger partial charge in [-0.05, 0) is 32.5 Å². The van der Waals surface area contributed by atoms with E-state index < -0.39 is 0 Å². The van der Waals surface area contributed by atoms with E-state index in [1.807, 2.05) is 16.4 Å². The molecule has 114 valence electrons. The zero-order valence-electron chi connectivity index (χ0n) is 13.0. The van der Waals surface area contributed by atoms with E-state index in [1.54, 1.807) is 6.33 Å². The van der Waals surface area contributed by atoms with Crippen LogP contribution < -0.4 is 5.32 Å². The van der Waals surface area contributed by atoms with E-state index in [9.17, 15) is 0 Å². The first-order valence-electron chi connectivity index (χ1n) is 7.52. The molecular weight excluding hydrogens is 280 g/mol. The van der Waals surface area contributed by atoms with E-state index in [2.05, 4.69) is 60.4 Å². The van der Waals surface area contributed by atoms with E-state index in [-0.39, 0.29) is 0 Å². The molecule has 0 saturated heterocycles. The van der Waals surface area contributed by atoms with Crippen molar-refractivity contribution < 1.29 is 0 Å². The van der Waals surface area contributed by atoms with Crippen molar-refractivity contribution in [2.24, 2.45) is 0 Å². The summed E-state index contributed by atoms with van der Waals surface area (Å²) in [6.45, 7) is 8.23. The molecule has 5 heteroatoms. The molecule has 0 spiro atoms. The van der Waals surface area contributed by atoms with Crippen LogP contribution in [0.2, 0.25) is 0 Å². The zero-order chi connectivity index (χ0) is 15.1. The molecule has 0 aliphatic heterocycles. The van der Waals surface area contributed by atoms with Gasteiger partial charge in [-0.2, -0.15) is 5.10 Å². The number of nitrogens with one attached hydrogen (secondary N) is 1. The standard InChI is InChI=1S/C16H24N4S/c1-4-17-14(10-16-18-12-19-20(16)5-2)11-21-15-8-6-7-13(3)9-15/h6-9,12,14,17H,4-5,10-11H2,1-3H3. The van der Waals surface area contributed by atoms with Crippen LogP contribution in [0.15, 0.2) is 35.5 Å². The van der Waals surface area contributed by atoms with Gasteiger partial charge in [0, 0.05) is 29.7 Å². The molecule has 1 atom stereocenters. The molecule has 0 aliphatic carbocycles. The summed E-state index contributed by atoms with van der Waals surface area (Å²) in [4.78, 5) is 5.71. The van der Waals surface area contributed by atoms with Crippen LogP contribution in [-0.4, -0.2) is 33.1 Å². The molecule has 1 unspecified atom stereocenters. The SMILES string of the molecule is CCNC(CSc1cccc(C)c1)Cc1ncnn1CC. The third-order valence-corrected chi connectivity index (χ3v) is 4.51. The predicted octanol–water partition coefficient (Wildman–Crippen LogP) is 2.92. The van der Waals surface area contributed by atoms with Gasteiger partial charge in [-0.1, -0.05) is 24.6 Å². The molecule has 1 N–H and O–H groups in total. The van der Waals surface area contributed by atoms with Gasteiger partial charge >= 0.3 is 0 Å². The summed E-state index contributed by atoms with van der Waals surface area (Å²) >= 11 is 1.90. The molecule has 1 aromatic heterocycles. The second kappa shape index (κ2) is 8.20. The van der Waals surface area contributed by atoms with Crippen molar-refractivity contribution in [1.29, 1.82) is 0 Å². The molecular formula is C16H24N4S. The Hall–Kier alpha value is -1.33. The Bertz CT molecular complexity index is 553. The van der Waals surface area contributed by atoms with E-state index in [0.717, 1.165) is 31.1 Å². The van der Waals surface area contributed by atoms with Gasteiger partial charge in [0.15, 0.2) is 0 Å². The Kier molecular flexibility index (Phi) is 6.26. The molecule has 0 aliphatic rings. The van der Waals surface area contributed by atoms with Gasteiger partial charge in [0.25, 0.3) is 0 Å². The Morgan fingerprint density at radius 2 is 2.19 bits per heavy atom. The van der Waals surface area contributed by atoms with Crippen LogP contribution in [0.3, 0.4) is 0 Å².